The van der Waals surface area contributed by atoms with Crippen molar-refractivity contribution in [2.75, 3.05) is 19.1 Å². The Labute approximate surface area is 98.3 Å². The van der Waals surface area contributed by atoms with Gasteiger partial charge in [0.15, 0.2) is 9.84 Å². The molecule has 0 bridgehead atoms. The number of hydrogen-bond acceptors (Lipinski definition) is 5. The zero-order chi connectivity index (χ0) is 13.2. The van der Waals surface area contributed by atoms with E-state index in [0.717, 1.165) is 25.5 Å². The van der Waals surface area contributed by atoms with Crippen LogP contribution in [-0.4, -0.2) is 27.8 Å². The van der Waals surface area contributed by atoms with Crippen LogP contribution in [0.2, 0.25) is 0 Å². The van der Waals surface area contributed by atoms with Crippen LogP contribution in [0.15, 0.2) is 12.1 Å². The van der Waals surface area contributed by atoms with Crippen LogP contribution in [0.3, 0.4) is 0 Å². The molecule has 0 atom stereocenters. The lowest BCUT2D eigenvalue weighted by atomic mass is 10.1. The summed E-state index contributed by atoms with van der Waals surface area (Å²) >= 11 is 0. The maximum atomic E-state index is 13.4. The molecule has 0 amide bonds. The van der Waals surface area contributed by atoms with Crippen molar-refractivity contribution in [3.8, 4) is 0 Å². The Balaban J connectivity index is 3.35. The molecule has 7 heteroatoms. The molecule has 1 rings (SSSR count). The number of methoxy groups -OCH3 is 1. The molecular formula is C10H12FNO4S. The highest BCUT2D eigenvalue weighted by Gasteiger charge is 2.19. The van der Waals surface area contributed by atoms with E-state index < -0.39 is 27.4 Å². The van der Waals surface area contributed by atoms with Crippen LogP contribution >= 0.6 is 0 Å². The van der Waals surface area contributed by atoms with Crippen LogP contribution in [-0.2, 0) is 20.3 Å². The number of nitrogen functional groups attached to an aromatic ring is 1. The van der Waals surface area contributed by atoms with Crippen LogP contribution < -0.4 is 5.73 Å². The van der Waals surface area contributed by atoms with Gasteiger partial charge in [0.1, 0.15) is 5.82 Å². The molecule has 0 unspecified atom stereocenters. The average molecular weight is 261 g/mol. The van der Waals surface area contributed by atoms with Crippen molar-refractivity contribution in [1.29, 1.82) is 0 Å². The molecule has 2 N–H and O–H groups in total. The molecule has 0 aliphatic heterocycles. The highest BCUT2D eigenvalue weighted by molar-refractivity contribution is 7.89. The zero-order valence-corrected chi connectivity index (χ0v) is 10.2. The van der Waals surface area contributed by atoms with Gasteiger partial charge in [-0.1, -0.05) is 0 Å². The number of esters is 1. The van der Waals surface area contributed by atoms with E-state index in [9.17, 15) is 17.6 Å². The quantitative estimate of drug-likeness (QED) is 0.640. The molecule has 0 radical (unpaired) electrons. The fourth-order valence-corrected chi connectivity index (χ4v) is 2.15. The number of carbonyl (C=O) groups is 1. The van der Waals surface area contributed by atoms with Gasteiger partial charge < -0.3 is 10.5 Å². The van der Waals surface area contributed by atoms with Gasteiger partial charge >= 0.3 is 5.97 Å². The first-order valence-electron chi connectivity index (χ1n) is 4.59. The maximum Gasteiger partial charge on any atom is 0.339 e. The van der Waals surface area contributed by atoms with Crippen LogP contribution in [0.5, 0.6) is 0 Å². The lowest BCUT2D eigenvalue weighted by Crippen LogP contribution is -2.12. The predicted octanol–water partition coefficient (Wildman–Crippen LogP) is 0.739. The molecule has 0 aliphatic carbocycles. The van der Waals surface area contributed by atoms with Crippen LogP contribution in [0.4, 0.5) is 10.1 Å². The highest BCUT2D eigenvalue weighted by atomic mass is 32.2. The van der Waals surface area contributed by atoms with E-state index in [4.69, 9.17) is 5.73 Å². The largest absolute Gasteiger partial charge is 0.465 e. The van der Waals surface area contributed by atoms with Gasteiger partial charge in [0.05, 0.1) is 24.1 Å². The molecule has 0 aromatic heterocycles. The van der Waals surface area contributed by atoms with E-state index in [1.165, 1.54) is 0 Å². The Morgan fingerprint density at radius 2 is 2.06 bits per heavy atom. The van der Waals surface area contributed by atoms with Crippen molar-refractivity contribution < 1.29 is 22.3 Å². The normalized spacial score (nSPS) is 11.2. The van der Waals surface area contributed by atoms with E-state index in [2.05, 4.69) is 4.74 Å². The molecule has 94 valence electrons. The molecule has 1 aromatic carbocycles. The van der Waals surface area contributed by atoms with Crippen molar-refractivity contribution in [2.24, 2.45) is 0 Å². The SMILES string of the molecule is COC(=O)c1ccc(F)c(CS(C)(=O)=O)c1N. The fourth-order valence-electron chi connectivity index (χ4n) is 1.33. The molecular weight excluding hydrogens is 249 g/mol. The van der Waals surface area contributed by atoms with Crippen LogP contribution in [0.25, 0.3) is 0 Å². The van der Waals surface area contributed by atoms with Gasteiger partial charge in [-0.3, -0.25) is 0 Å². The second kappa shape index (κ2) is 4.70. The second-order valence-corrected chi connectivity index (χ2v) is 5.69. The van der Waals surface area contributed by atoms with Gasteiger partial charge in [-0.05, 0) is 12.1 Å². The summed E-state index contributed by atoms with van der Waals surface area (Å²) in [6.07, 6.45) is 0.955. The molecule has 17 heavy (non-hydrogen) atoms. The number of carbonyl (C=O) groups excluding carboxylic acids is 1. The Bertz CT molecular complexity index is 554. The molecule has 1 aromatic rings. The van der Waals surface area contributed by atoms with E-state index >= 15 is 0 Å². The summed E-state index contributed by atoms with van der Waals surface area (Å²) in [6.45, 7) is 0. The number of anilines is 1. The lowest BCUT2D eigenvalue weighted by molar-refractivity contribution is 0.0602. The standard InChI is InChI=1S/C10H12FNO4S/c1-16-10(13)6-3-4-8(11)7(9(6)12)5-17(2,14)15/h3-4H,5,12H2,1-2H3. The molecule has 0 fully saturated rings. The second-order valence-electron chi connectivity index (χ2n) is 3.55. The smallest absolute Gasteiger partial charge is 0.339 e. The van der Waals surface area contributed by atoms with E-state index in [0.29, 0.717) is 0 Å². The first kappa shape index (κ1) is 13.4. The van der Waals surface area contributed by atoms with Crippen LogP contribution in [0.1, 0.15) is 15.9 Å². The minimum absolute atomic E-state index is 0.0486. The molecule has 0 heterocycles. The lowest BCUT2D eigenvalue weighted by Gasteiger charge is -2.10. The fraction of sp³-hybridized carbons (Fsp3) is 0.300. The Morgan fingerprint density at radius 3 is 2.53 bits per heavy atom. The molecule has 0 saturated carbocycles. The summed E-state index contributed by atoms with van der Waals surface area (Å²) in [5, 5.41) is 0. The number of ether oxygens (including phenoxy) is 1. The molecule has 0 spiro atoms. The van der Waals surface area contributed by atoms with Gasteiger partial charge in [-0.15, -0.1) is 0 Å². The molecule has 0 saturated heterocycles. The minimum atomic E-state index is -3.44. The molecule has 5 nitrogen and oxygen atoms in total. The third kappa shape index (κ3) is 3.16. The highest BCUT2D eigenvalue weighted by Crippen LogP contribution is 2.23. The Kier molecular flexibility index (Phi) is 3.72. The average Bonchev–Trinajstić information content (AvgIpc) is 2.22. The minimum Gasteiger partial charge on any atom is -0.465 e. The number of sulfone groups is 1. The first-order chi connectivity index (χ1) is 7.76. The Morgan fingerprint density at radius 1 is 1.47 bits per heavy atom. The summed E-state index contributed by atoms with van der Waals surface area (Å²) in [5.74, 6) is -2.06. The summed E-state index contributed by atoms with van der Waals surface area (Å²) in [5.41, 5.74) is 5.10. The van der Waals surface area contributed by atoms with Gasteiger partial charge in [-0.25, -0.2) is 17.6 Å². The summed E-state index contributed by atoms with van der Waals surface area (Å²) in [4.78, 5) is 11.3. The van der Waals surface area contributed by atoms with E-state index in [1.807, 2.05) is 0 Å². The number of nitrogens with two attached hydrogens (primary N) is 1. The summed E-state index contributed by atoms with van der Waals surface area (Å²) in [7, 11) is -2.29. The van der Waals surface area contributed by atoms with Crippen molar-refractivity contribution in [3.05, 3.63) is 29.1 Å². The van der Waals surface area contributed by atoms with E-state index in [-0.39, 0.29) is 16.8 Å². The van der Waals surface area contributed by atoms with Crippen molar-refractivity contribution >= 4 is 21.5 Å². The summed E-state index contributed by atoms with van der Waals surface area (Å²) in [6, 6.07) is 2.14. The monoisotopic (exact) mass is 261 g/mol. The third-order valence-corrected chi connectivity index (χ3v) is 2.92. The Hall–Kier alpha value is -1.63. The summed E-state index contributed by atoms with van der Waals surface area (Å²) < 4.78 is 40.1. The van der Waals surface area contributed by atoms with Crippen molar-refractivity contribution in [1.82, 2.24) is 0 Å². The predicted molar refractivity (Wildman–Crippen MR) is 60.7 cm³/mol. The van der Waals surface area contributed by atoms with Crippen LogP contribution in [0, 0.1) is 5.82 Å². The van der Waals surface area contributed by atoms with Gasteiger partial charge in [-0.2, -0.15) is 0 Å². The number of halogens is 1. The van der Waals surface area contributed by atoms with Crippen molar-refractivity contribution in [2.45, 2.75) is 5.75 Å². The van der Waals surface area contributed by atoms with Gasteiger partial charge in [0, 0.05) is 11.8 Å². The number of rotatable bonds is 3. The zero-order valence-electron chi connectivity index (χ0n) is 9.36. The maximum absolute atomic E-state index is 13.4. The number of benzene rings is 1. The molecule has 0 aliphatic rings. The van der Waals surface area contributed by atoms with Crippen molar-refractivity contribution in [3.63, 3.8) is 0 Å². The third-order valence-electron chi connectivity index (χ3n) is 2.11. The topological polar surface area (TPSA) is 86.5 Å². The van der Waals surface area contributed by atoms with E-state index in [1.54, 1.807) is 0 Å². The van der Waals surface area contributed by atoms with Gasteiger partial charge in [0.2, 0.25) is 0 Å². The number of hydrogen-bond donors (Lipinski definition) is 1. The van der Waals surface area contributed by atoms with Gasteiger partial charge in [0.25, 0.3) is 0 Å². The first-order valence-corrected chi connectivity index (χ1v) is 6.65.